The Morgan fingerprint density at radius 1 is 1.26 bits per heavy atom. The molecule has 1 atom stereocenters. The summed E-state index contributed by atoms with van der Waals surface area (Å²) >= 11 is 1.59. The molecule has 0 saturated heterocycles. The normalized spacial score (nSPS) is 11.9. The SMILES string of the molecule is CSc1[c]ccc(OC(C(C)=O)c2ccccc2)c1. The molecule has 0 aromatic heterocycles. The summed E-state index contributed by atoms with van der Waals surface area (Å²) in [6.45, 7) is 1.54. The smallest absolute Gasteiger partial charge is 0.181 e. The Morgan fingerprint density at radius 2 is 2.00 bits per heavy atom. The van der Waals surface area contributed by atoms with Crippen molar-refractivity contribution in [2.75, 3.05) is 6.26 Å². The average molecular weight is 271 g/mol. The number of hydrogen-bond donors (Lipinski definition) is 0. The molecule has 1 radical (unpaired) electrons. The van der Waals surface area contributed by atoms with Crippen LogP contribution in [-0.4, -0.2) is 12.0 Å². The Bertz CT molecular complexity index is 552. The zero-order valence-electron chi connectivity index (χ0n) is 10.9. The number of ether oxygens (including phenoxy) is 1. The summed E-state index contributed by atoms with van der Waals surface area (Å²) in [4.78, 5) is 12.8. The van der Waals surface area contributed by atoms with E-state index in [9.17, 15) is 4.79 Å². The fraction of sp³-hybridized carbons (Fsp3) is 0.188. The third-order valence-corrected chi connectivity index (χ3v) is 3.37. The van der Waals surface area contributed by atoms with Gasteiger partial charge >= 0.3 is 0 Å². The van der Waals surface area contributed by atoms with Crippen molar-refractivity contribution in [2.24, 2.45) is 0 Å². The summed E-state index contributed by atoms with van der Waals surface area (Å²) in [5.74, 6) is 0.678. The molecule has 0 bridgehead atoms. The number of benzene rings is 2. The van der Waals surface area contributed by atoms with Gasteiger partial charge < -0.3 is 4.74 Å². The third kappa shape index (κ3) is 3.61. The van der Waals surface area contributed by atoms with E-state index in [2.05, 4.69) is 6.07 Å². The van der Waals surface area contributed by atoms with Crippen LogP contribution in [0.5, 0.6) is 5.75 Å². The van der Waals surface area contributed by atoms with Gasteiger partial charge in [0.1, 0.15) is 5.75 Å². The zero-order valence-corrected chi connectivity index (χ0v) is 11.7. The van der Waals surface area contributed by atoms with Crippen LogP contribution in [0.4, 0.5) is 0 Å². The highest BCUT2D eigenvalue weighted by Crippen LogP contribution is 2.26. The number of thioether (sulfide) groups is 1. The number of ketones is 1. The van der Waals surface area contributed by atoms with Gasteiger partial charge in [0.05, 0.1) is 0 Å². The molecule has 0 saturated carbocycles. The van der Waals surface area contributed by atoms with Gasteiger partial charge in [-0.15, -0.1) is 11.8 Å². The quantitative estimate of drug-likeness (QED) is 0.771. The fourth-order valence-corrected chi connectivity index (χ4v) is 2.19. The highest BCUT2D eigenvalue weighted by atomic mass is 32.2. The first kappa shape index (κ1) is 13.7. The highest BCUT2D eigenvalue weighted by Gasteiger charge is 2.18. The van der Waals surface area contributed by atoms with Crippen molar-refractivity contribution in [2.45, 2.75) is 17.9 Å². The molecule has 1 unspecified atom stereocenters. The van der Waals surface area contributed by atoms with Crippen LogP contribution in [0.3, 0.4) is 0 Å². The van der Waals surface area contributed by atoms with Crippen LogP contribution < -0.4 is 4.74 Å². The second-order valence-corrected chi connectivity index (χ2v) is 4.96. The summed E-state index contributed by atoms with van der Waals surface area (Å²) in [6.07, 6.45) is 1.42. The summed E-state index contributed by atoms with van der Waals surface area (Å²) in [6, 6.07) is 18.1. The highest BCUT2D eigenvalue weighted by molar-refractivity contribution is 7.98. The fourth-order valence-electron chi connectivity index (χ4n) is 1.77. The van der Waals surface area contributed by atoms with E-state index in [1.165, 1.54) is 0 Å². The molecule has 3 heteroatoms. The second-order valence-electron chi connectivity index (χ2n) is 4.11. The van der Waals surface area contributed by atoms with E-state index in [1.807, 2.05) is 54.8 Å². The summed E-state index contributed by atoms with van der Waals surface area (Å²) in [5, 5.41) is 0. The first-order chi connectivity index (χ1) is 9.20. The molecule has 0 amide bonds. The zero-order chi connectivity index (χ0) is 13.7. The molecule has 19 heavy (non-hydrogen) atoms. The maximum absolute atomic E-state index is 11.8. The Morgan fingerprint density at radius 3 is 2.63 bits per heavy atom. The largest absolute Gasteiger partial charge is 0.478 e. The first-order valence-electron chi connectivity index (χ1n) is 5.98. The molecule has 0 aliphatic rings. The first-order valence-corrected chi connectivity index (χ1v) is 7.21. The molecule has 0 aliphatic heterocycles. The monoisotopic (exact) mass is 271 g/mol. The van der Waals surface area contributed by atoms with Crippen LogP contribution in [0.2, 0.25) is 0 Å². The van der Waals surface area contributed by atoms with Gasteiger partial charge in [0.2, 0.25) is 0 Å². The average Bonchev–Trinajstić information content (AvgIpc) is 2.45. The molecule has 0 heterocycles. The van der Waals surface area contributed by atoms with E-state index in [-0.39, 0.29) is 5.78 Å². The minimum absolute atomic E-state index is 0.00951. The topological polar surface area (TPSA) is 26.3 Å². The van der Waals surface area contributed by atoms with Crippen LogP contribution in [0, 0.1) is 6.07 Å². The lowest BCUT2D eigenvalue weighted by atomic mass is 10.1. The van der Waals surface area contributed by atoms with Crippen molar-refractivity contribution in [1.29, 1.82) is 0 Å². The molecular weight excluding hydrogens is 256 g/mol. The van der Waals surface area contributed by atoms with Gasteiger partial charge in [0.25, 0.3) is 0 Å². The maximum atomic E-state index is 11.8. The maximum Gasteiger partial charge on any atom is 0.181 e. The van der Waals surface area contributed by atoms with Gasteiger partial charge in [-0.3, -0.25) is 4.79 Å². The standard InChI is InChI=1S/C16H15O2S/c1-12(17)16(13-7-4-3-5-8-13)18-14-9-6-10-15(11-14)19-2/h3-9,11,16H,1-2H3. The predicted octanol–water partition coefficient (Wildman–Crippen LogP) is 3.92. The minimum atomic E-state index is -0.557. The van der Waals surface area contributed by atoms with E-state index in [0.29, 0.717) is 5.75 Å². The van der Waals surface area contributed by atoms with Crippen LogP contribution in [0.15, 0.2) is 53.4 Å². The van der Waals surface area contributed by atoms with Crippen molar-refractivity contribution >= 4 is 17.5 Å². The van der Waals surface area contributed by atoms with Gasteiger partial charge in [0, 0.05) is 4.90 Å². The van der Waals surface area contributed by atoms with Crippen LogP contribution >= 0.6 is 11.8 Å². The van der Waals surface area contributed by atoms with E-state index >= 15 is 0 Å². The van der Waals surface area contributed by atoms with Gasteiger partial charge in [-0.05, 0) is 43.0 Å². The van der Waals surface area contributed by atoms with E-state index in [4.69, 9.17) is 4.74 Å². The predicted molar refractivity (Wildman–Crippen MR) is 77.6 cm³/mol. The molecule has 97 valence electrons. The van der Waals surface area contributed by atoms with Crippen molar-refractivity contribution < 1.29 is 9.53 Å². The number of hydrogen-bond acceptors (Lipinski definition) is 3. The molecular formula is C16H15O2S. The number of Topliss-reactive ketones (excluding diaryl/α,β-unsaturated/α-hetero) is 1. The van der Waals surface area contributed by atoms with Crippen molar-refractivity contribution in [3.63, 3.8) is 0 Å². The van der Waals surface area contributed by atoms with Gasteiger partial charge in [0.15, 0.2) is 11.9 Å². The summed E-state index contributed by atoms with van der Waals surface area (Å²) in [5.41, 5.74) is 0.869. The van der Waals surface area contributed by atoms with Crippen LogP contribution in [0.1, 0.15) is 18.6 Å². The van der Waals surface area contributed by atoms with Crippen LogP contribution in [0.25, 0.3) is 0 Å². The Kier molecular flexibility index (Phi) is 4.63. The third-order valence-electron chi connectivity index (χ3n) is 2.69. The van der Waals surface area contributed by atoms with Gasteiger partial charge in [-0.2, -0.15) is 0 Å². The van der Waals surface area contributed by atoms with Crippen molar-refractivity contribution in [1.82, 2.24) is 0 Å². The number of carbonyl (C=O) groups is 1. The number of rotatable bonds is 5. The van der Waals surface area contributed by atoms with Crippen molar-refractivity contribution in [3.8, 4) is 5.75 Å². The summed E-state index contributed by atoms with van der Waals surface area (Å²) in [7, 11) is 0. The lowest BCUT2D eigenvalue weighted by molar-refractivity contribution is -0.123. The van der Waals surface area contributed by atoms with Gasteiger partial charge in [-0.25, -0.2) is 0 Å². The Labute approximate surface area is 117 Å². The second kappa shape index (κ2) is 6.43. The lowest BCUT2D eigenvalue weighted by Crippen LogP contribution is -2.15. The van der Waals surface area contributed by atoms with Gasteiger partial charge in [-0.1, -0.05) is 30.3 Å². The molecule has 2 aromatic carbocycles. The molecule has 2 aromatic rings. The van der Waals surface area contributed by atoms with E-state index in [1.54, 1.807) is 18.7 Å². The molecule has 2 rings (SSSR count). The Balaban J connectivity index is 2.24. The molecule has 0 fully saturated rings. The molecule has 0 spiro atoms. The Hall–Kier alpha value is -1.74. The molecule has 0 N–H and O–H groups in total. The van der Waals surface area contributed by atoms with E-state index in [0.717, 1.165) is 10.5 Å². The van der Waals surface area contributed by atoms with Crippen molar-refractivity contribution in [3.05, 3.63) is 60.2 Å². The number of carbonyl (C=O) groups excluding carboxylic acids is 1. The summed E-state index contributed by atoms with van der Waals surface area (Å²) < 4.78 is 5.82. The minimum Gasteiger partial charge on any atom is -0.478 e. The molecule has 2 nitrogen and oxygen atoms in total. The lowest BCUT2D eigenvalue weighted by Gasteiger charge is -2.17. The van der Waals surface area contributed by atoms with E-state index < -0.39 is 6.10 Å². The molecule has 0 aliphatic carbocycles. The van der Waals surface area contributed by atoms with Crippen LogP contribution in [-0.2, 0) is 4.79 Å².